The van der Waals surface area contributed by atoms with Gasteiger partial charge in [0.25, 0.3) is 0 Å². The summed E-state index contributed by atoms with van der Waals surface area (Å²) >= 11 is 5.65. The maximum Gasteiger partial charge on any atom is 0.306 e. The molecular formula is C23H37ClN4O7. The zero-order chi connectivity index (χ0) is 26.7. The molecule has 12 heteroatoms. The molecule has 0 spiro atoms. The lowest BCUT2D eigenvalue weighted by Gasteiger charge is -2.28. The minimum absolute atomic E-state index is 0.105. The molecule has 1 aliphatic rings. The number of rotatable bonds is 13. The SMILES string of the molecule is COC(=O)CCC(=O)N[C@H](C)C(=O)N1CCC[C@@H]1C(=O)N[C@@H](C)C(=O)NC(CC(C)C)C(=O)CCl. The third-order valence-corrected chi connectivity index (χ3v) is 5.93. The molecule has 1 aliphatic heterocycles. The highest BCUT2D eigenvalue weighted by molar-refractivity contribution is 6.28. The van der Waals surface area contributed by atoms with E-state index in [1.807, 2.05) is 13.8 Å². The van der Waals surface area contributed by atoms with E-state index in [4.69, 9.17) is 11.6 Å². The minimum atomic E-state index is -0.937. The monoisotopic (exact) mass is 516 g/mol. The van der Waals surface area contributed by atoms with Gasteiger partial charge < -0.3 is 25.6 Å². The number of carbonyl (C=O) groups excluding carboxylic acids is 6. The van der Waals surface area contributed by atoms with E-state index in [9.17, 15) is 28.8 Å². The van der Waals surface area contributed by atoms with Crippen LogP contribution in [0.5, 0.6) is 0 Å². The van der Waals surface area contributed by atoms with E-state index in [0.29, 0.717) is 25.8 Å². The molecule has 0 aromatic carbocycles. The molecule has 1 heterocycles. The molecule has 4 atom stereocenters. The van der Waals surface area contributed by atoms with Crippen molar-refractivity contribution in [1.29, 1.82) is 0 Å². The predicted molar refractivity (Wildman–Crippen MR) is 128 cm³/mol. The van der Waals surface area contributed by atoms with Crippen LogP contribution in [0.1, 0.15) is 59.8 Å². The van der Waals surface area contributed by atoms with Crippen molar-refractivity contribution in [2.45, 2.75) is 84.0 Å². The average Bonchev–Trinajstić information content (AvgIpc) is 3.30. The zero-order valence-electron chi connectivity index (χ0n) is 21.0. The van der Waals surface area contributed by atoms with Crippen molar-refractivity contribution in [2.24, 2.45) is 5.92 Å². The number of Topliss-reactive ketones (excluding diaryl/α,β-unsaturated/α-hetero) is 1. The van der Waals surface area contributed by atoms with Crippen LogP contribution < -0.4 is 16.0 Å². The van der Waals surface area contributed by atoms with Crippen LogP contribution in [0.3, 0.4) is 0 Å². The topological polar surface area (TPSA) is 151 Å². The molecule has 1 rings (SSSR count). The average molecular weight is 517 g/mol. The number of nitrogens with zero attached hydrogens (tertiary/aromatic N) is 1. The Kier molecular flexibility index (Phi) is 12.7. The lowest BCUT2D eigenvalue weighted by Crippen LogP contribution is -2.56. The largest absolute Gasteiger partial charge is 0.469 e. The fourth-order valence-corrected chi connectivity index (χ4v) is 3.94. The number of amides is 4. The Balaban J connectivity index is 2.69. The fourth-order valence-electron chi connectivity index (χ4n) is 3.75. The van der Waals surface area contributed by atoms with Gasteiger partial charge in [-0.15, -0.1) is 11.6 Å². The first-order valence-electron chi connectivity index (χ1n) is 11.8. The summed E-state index contributed by atoms with van der Waals surface area (Å²) in [5, 5.41) is 7.79. The highest BCUT2D eigenvalue weighted by Gasteiger charge is 2.37. The molecule has 198 valence electrons. The number of likely N-dealkylation sites (tertiary alicyclic amines) is 1. The standard InChI is InChI=1S/C23H37ClN4O7/c1-13(2)11-16(18(29)12-24)27-21(32)14(3)26-22(33)17-7-6-10-28(17)23(34)15(4)25-19(30)8-9-20(31)35-5/h13-17H,6-12H2,1-5H3,(H,25,30)(H,26,33)(H,27,32)/t14-,15+,16?,17+/m0/s1. The first kappa shape index (κ1) is 30.3. The number of carbonyl (C=O) groups is 6. The first-order valence-corrected chi connectivity index (χ1v) is 12.3. The minimum Gasteiger partial charge on any atom is -0.469 e. The summed E-state index contributed by atoms with van der Waals surface area (Å²) in [6.07, 6.45) is 1.20. The summed E-state index contributed by atoms with van der Waals surface area (Å²) in [5.41, 5.74) is 0. The predicted octanol–water partition coefficient (Wildman–Crippen LogP) is 0.279. The van der Waals surface area contributed by atoms with Gasteiger partial charge in [0.2, 0.25) is 23.6 Å². The number of alkyl halides is 1. The summed E-state index contributed by atoms with van der Waals surface area (Å²) in [5.74, 6) is -2.84. The molecule has 1 unspecified atom stereocenters. The van der Waals surface area contributed by atoms with Crippen LogP contribution in [0.4, 0.5) is 0 Å². The Bertz CT molecular complexity index is 805. The molecular weight excluding hydrogens is 480 g/mol. The van der Waals surface area contributed by atoms with E-state index < -0.39 is 53.8 Å². The van der Waals surface area contributed by atoms with Crippen molar-refractivity contribution in [3.05, 3.63) is 0 Å². The Morgan fingerprint density at radius 1 is 0.971 bits per heavy atom. The van der Waals surface area contributed by atoms with E-state index in [0.717, 1.165) is 0 Å². The van der Waals surface area contributed by atoms with Crippen molar-refractivity contribution in [1.82, 2.24) is 20.9 Å². The smallest absolute Gasteiger partial charge is 0.306 e. The molecule has 11 nitrogen and oxygen atoms in total. The molecule has 0 aromatic heterocycles. The quantitative estimate of drug-likeness (QED) is 0.235. The second-order valence-electron chi connectivity index (χ2n) is 9.08. The summed E-state index contributed by atoms with van der Waals surface area (Å²) in [4.78, 5) is 75.0. The Morgan fingerprint density at radius 3 is 2.20 bits per heavy atom. The molecule has 0 radical (unpaired) electrons. The van der Waals surface area contributed by atoms with Crippen molar-refractivity contribution in [2.75, 3.05) is 19.5 Å². The lowest BCUT2D eigenvalue weighted by molar-refractivity contribution is -0.143. The molecule has 3 N–H and O–H groups in total. The van der Waals surface area contributed by atoms with E-state index in [-0.39, 0.29) is 30.4 Å². The van der Waals surface area contributed by atoms with Crippen LogP contribution in [0.15, 0.2) is 0 Å². The zero-order valence-corrected chi connectivity index (χ0v) is 21.8. The van der Waals surface area contributed by atoms with Crippen molar-refractivity contribution in [3.8, 4) is 0 Å². The molecule has 0 aromatic rings. The van der Waals surface area contributed by atoms with Gasteiger partial charge in [0.1, 0.15) is 18.1 Å². The highest BCUT2D eigenvalue weighted by atomic mass is 35.5. The Hall–Kier alpha value is -2.69. The Morgan fingerprint density at radius 2 is 1.63 bits per heavy atom. The third-order valence-electron chi connectivity index (χ3n) is 5.67. The van der Waals surface area contributed by atoms with Crippen molar-refractivity contribution < 1.29 is 33.5 Å². The van der Waals surface area contributed by atoms with E-state index in [1.165, 1.54) is 25.9 Å². The fraction of sp³-hybridized carbons (Fsp3) is 0.739. The van der Waals surface area contributed by atoms with Gasteiger partial charge in [0.05, 0.1) is 25.5 Å². The molecule has 4 amide bonds. The van der Waals surface area contributed by atoms with Gasteiger partial charge in [-0.25, -0.2) is 0 Å². The summed E-state index contributed by atoms with van der Waals surface area (Å²) in [6, 6.07) is -3.36. The van der Waals surface area contributed by atoms with Crippen molar-refractivity contribution in [3.63, 3.8) is 0 Å². The number of nitrogens with one attached hydrogen (secondary N) is 3. The van der Waals surface area contributed by atoms with Crippen LogP contribution in [0.25, 0.3) is 0 Å². The first-order chi connectivity index (χ1) is 16.4. The molecule has 35 heavy (non-hydrogen) atoms. The van der Waals surface area contributed by atoms with E-state index in [2.05, 4.69) is 20.7 Å². The number of hydrogen-bond donors (Lipinski definition) is 3. The van der Waals surface area contributed by atoms with E-state index >= 15 is 0 Å². The van der Waals surface area contributed by atoms with Gasteiger partial charge >= 0.3 is 5.97 Å². The van der Waals surface area contributed by atoms with Crippen molar-refractivity contribution >= 4 is 47.0 Å². The summed E-state index contributed by atoms with van der Waals surface area (Å²) < 4.78 is 4.49. The number of ether oxygens (including phenoxy) is 1. The maximum atomic E-state index is 12.9. The lowest BCUT2D eigenvalue weighted by atomic mass is 10.0. The molecule has 1 fully saturated rings. The van der Waals surface area contributed by atoms with Gasteiger partial charge in [-0.1, -0.05) is 13.8 Å². The van der Waals surface area contributed by atoms with E-state index in [1.54, 1.807) is 0 Å². The normalized spacial score (nSPS) is 17.8. The molecule has 0 saturated carbocycles. The third kappa shape index (κ3) is 9.83. The van der Waals surface area contributed by atoms with Crippen LogP contribution in [0.2, 0.25) is 0 Å². The van der Waals surface area contributed by atoms with Crippen LogP contribution in [-0.4, -0.2) is 84.0 Å². The second-order valence-corrected chi connectivity index (χ2v) is 9.34. The summed E-state index contributed by atoms with van der Waals surface area (Å²) in [7, 11) is 1.22. The molecule has 0 bridgehead atoms. The Labute approximate surface area is 211 Å². The number of halogens is 1. The number of ketones is 1. The number of hydrogen-bond acceptors (Lipinski definition) is 7. The van der Waals surface area contributed by atoms with Crippen LogP contribution in [-0.2, 0) is 33.5 Å². The maximum absolute atomic E-state index is 12.9. The van der Waals surface area contributed by atoms with Gasteiger partial charge in [-0.3, -0.25) is 28.8 Å². The van der Waals surface area contributed by atoms with Crippen LogP contribution in [0, 0.1) is 5.92 Å². The van der Waals surface area contributed by atoms with Gasteiger partial charge in [0.15, 0.2) is 5.78 Å². The second kappa shape index (κ2) is 14.7. The highest BCUT2D eigenvalue weighted by Crippen LogP contribution is 2.19. The van der Waals surface area contributed by atoms with Crippen LogP contribution >= 0.6 is 11.6 Å². The number of methoxy groups -OCH3 is 1. The molecule has 0 aliphatic carbocycles. The van der Waals surface area contributed by atoms with Gasteiger partial charge in [-0.2, -0.15) is 0 Å². The van der Waals surface area contributed by atoms with Gasteiger partial charge in [-0.05, 0) is 39.0 Å². The molecule has 1 saturated heterocycles. The summed E-state index contributed by atoms with van der Waals surface area (Å²) in [6.45, 7) is 7.17. The van der Waals surface area contributed by atoms with Gasteiger partial charge in [0, 0.05) is 13.0 Å². The number of esters is 1.